The fourth-order valence-electron chi connectivity index (χ4n) is 4.91. The number of benzene rings is 2. The van der Waals surface area contributed by atoms with E-state index < -0.39 is 6.09 Å². The summed E-state index contributed by atoms with van der Waals surface area (Å²) < 4.78 is 0. The smallest absolute Gasteiger partial charge is 0.405 e. The molecule has 0 bridgehead atoms. The van der Waals surface area contributed by atoms with Crippen LogP contribution in [0.3, 0.4) is 0 Å². The van der Waals surface area contributed by atoms with Crippen LogP contribution in [0.5, 0.6) is 0 Å². The van der Waals surface area contributed by atoms with Gasteiger partial charge in [-0.2, -0.15) is 0 Å². The number of anilines is 1. The van der Waals surface area contributed by atoms with Gasteiger partial charge in [0.15, 0.2) is 0 Å². The molecular formula is C25H32N4O3. The molecule has 0 spiro atoms. The van der Waals surface area contributed by atoms with Gasteiger partial charge in [-0.05, 0) is 73.7 Å². The molecule has 170 valence electrons. The molecule has 7 nitrogen and oxygen atoms in total. The molecule has 1 saturated heterocycles. The van der Waals surface area contributed by atoms with Crippen LogP contribution in [0.2, 0.25) is 0 Å². The quantitative estimate of drug-likeness (QED) is 0.574. The van der Waals surface area contributed by atoms with Crippen molar-refractivity contribution in [1.82, 2.24) is 16.0 Å². The predicted octanol–water partition coefficient (Wildman–Crippen LogP) is 3.65. The Labute approximate surface area is 189 Å². The van der Waals surface area contributed by atoms with Crippen LogP contribution in [0.4, 0.5) is 10.5 Å². The van der Waals surface area contributed by atoms with Crippen molar-refractivity contribution < 1.29 is 14.7 Å². The van der Waals surface area contributed by atoms with Crippen LogP contribution in [0, 0.1) is 0 Å². The van der Waals surface area contributed by atoms with E-state index in [1.807, 2.05) is 25.1 Å². The first kappa shape index (κ1) is 22.3. The van der Waals surface area contributed by atoms with Gasteiger partial charge >= 0.3 is 6.09 Å². The maximum absolute atomic E-state index is 12.2. The fraction of sp³-hybridized carbons (Fsp3) is 0.440. The minimum atomic E-state index is -1.06. The lowest BCUT2D eigenvalue weighted by Crippen LogP contribution is -2.45. The lowest BCUT2D eigenvalue weighted by atomic mass is 9.89. The molecule has 0 saturated carbocycles. The molecule has 4 rings (SSSR count). The fourth-order valence-corrected chi connectivity index (χ4v) is 4.91. The van der Waals surface area contributed by atoms with E-state index in [4.69, 9.17) is 0 Å². The van der Waals surface area contributed by atoms with Crippen LogP contribution in [0.15, 0.2) is 42.5 Å². The molecule has 7 heteroatoms. The van der Waals surface area contributed by atoms with Gasteiger partial charge in [0, 0.05) is 31.2 Å². The number of carbonyl (C=O) groups excluding carboxylic acids is 1. The monoisotopic (exact) mass is 436 g/mol. The van der Waals surface area contributed by atoms with Crippen molar-refractivity contribution in [2.75, 3.05) is 18.0 Å². The molecular weight excluding hydrogens is 404 g/mol. The molecule has 2 amide bonds. The number of hydrogen-bond acceptors (Lipinski definition) is 4. The topological polar surface area (TPSA) is 93.7 Å². The largest absolute Gasteiger partial charge is 0.465 e. The van der Waals surface area contributed by atoms with E-state index in [9.17, 15) is 14.7 Å². The molecule has 2 aliphatic heterocycles. The zero-order valence-corrected chi connectivity index (χ0v) is 18.7. The van der Waals surface area contributed by atoms with E-state index in [0.29, 0.717) is 12.5 Å². The predicted molar refractivity (Wildman–Crippen MR) is 126 cm³/mol. The first-order valence-corrected chi connectivity index (χ1v) is 11.4. The highest BCUT2D eigenvalue weighted by molar-refractivity contribution is 5.94. The maximum Gasteiger partial charge on any atom is 0.405 e. The van der Waals surface area contributed by atoms with Crippen molar-refractivity contribution in [3.8, 4) is 11.1 Å². The Morgan fingerprint density at radius 2 is 1.78 bits per heavy atom. The highest BCUT2D eigenvalue weighted by Gasteiger charge is 2.33. The average Bonchev–Trinajstić information content (AvgIpc) is 2.78. The Hall–Kier alpha value is -2.90. The first-order valence-electron chi connectivity index (χ1n) is 11.4. The summed E-state index contributed by atoms with van der Waals surface area (Å²) in [6.45, 7) is 6.51. The van der Waals surface area contributed by atoms with E-state index in [0.717, 1.165) is 54.9 Å². The number of nitrogens with zero attached hydrogens (tertiary/aromatic N) is 1. The van der Waals surface area contributed by atoms with E-state index in [-0.39, 0.29) is 18.0 Å². The number of carboxylic acid groups (broad SMARTS) is 1. The number of amides is 2. The first-order chi connectivity index (χ1) is 15.4. The molecule has 1 fully saturated rings. The summed E-state index contributed by atoms with van der Waals surface area (Å²) in [6, 6.07) is 14.6. The van der Waals surface area contributed by atoms with Gasteiger partial charge in [-0.15, -0.1) is 0 Å². The van der Waals surface area contributed by atoms with E-state index in [1.54, 1.807) is 11.8 Å². The van der Waals surface area contributed by atoms with Crippen molar-refractivity contribution in [1.29, 1.82) is 0 Å². The number of nitrogens with one attached hydrogen (secondary N) is 3. The van der Waals surface area contributed by atoms with Crippen LogP contribution >= 0.6 is 0 Å². The van der Waals surface area contributed by atoms with E-state index >= 15 is 0 Å². The second kappa shape index (κ2) is 9.71. The molecule has 0 aliphatic carbocycles. The molecule has 0 unspecified atom stereocenters. The van der Waals surface area contributed by atoms with E-state index in [1.165, 1.54) is 5.56 Å². The second-order valence-electron chi connectivity index (χ2n) is 8.85. The Balaban J connectivity index is 1.55. The van der Waals surface area contributed by atoms with Crippen LogP contribution in [0.25, 0.3) is 11.1 Å². The highest BCUT2D eigenvalue weighted by Crippen LogP contribution is 2.39. The summed E-state index contributed by atoms with van der Waals surface area (Å²) >= 11 is 0. The Morgan fingerprint density at radius 1 is 1.09 bits per heavy atom. The van der Waals surface area contributed by atoms with Crippen LogP contribution < -0.4 is 20.9 Å². The maximum atomic E-state index is 12.2. The third-order valence-electron chi connectivity index (χ3n) is 6.54. The molecule has 32 heavy (non-hydrogen) atoms. The minimum absolute atomic E-state index is 0.0362. The molecule has 0 aromatic heterocycles. The zero-order valence-electron chi connectivity index (χ0n) is 18.7. The van der Waals surface area contributed by atoms with Gasteiger partial charge in [0.05, 0.1) is 6.04 Å². The number of rotatable bonds is 5. The zero-order chi connectivity index (χ0) is 22.7. The molecule has 0 radical (unpaired) electrons. The average molecular weight is 437 g/mol. The van der Waals surface area contributed by atoms with E-state index in [2.05, 4.69) is 40.2 Å². The minimum Gasteiger partial charge on any atom is -0.465 e. The van der Waals surface area contributed by atoms with Gasteiger partial charge in [0.25, 0.3) is 0 Å². The standard InChI is InChI=1S/C25H32N4O3/c1-16-13-23(28-25(31)32)22-14-20(7-8-24(22)29(16)17(2)30)19-5-3-18(4-6-19)15-27-21-9-11-26-12-10-21/h3-8,14,16,21,23,26-28H,9-13,15H2,1-2H3,(H,31,32)/t16-,23+/m1/s1. The van der Waals surface area contributed by atoms with Crippen molar-refractivity contribution in [2.45, 2.75) is 57.8 Å². The van der Waals surface area contributed by atoms with Crippen molar-refractivity contribution in [2.24, 2.45) is 0 Å². The van der Waals surface area contributed by atoms with Crippen molar-refractivity contribution in [3.05, 3.63) is 53.6 Å². The SMILES string of the molecule is CC(=O)N1c2ccc(-c3ccc(CNC4CCNCC4)cc3)cc2[C@@H](NC(=O)O)C[C@H]1C. The van der Waals surface area contributed by atoms with Gasteiger partial charge in [-0.3, -0.25) is 4.79 Å². The number of piperidine rings is 1. The Morgan fingerprint density at radius 3 is 2.44 bits per heavy atom. The van der Waals surface area contributed by atoms with Gasteiger partial charge < -0.3 is 26.0 Å². The third-order valence-corrected chi connectivity index (χ3v) is 6.54. The van der Waals surface area contributed by atoms with Gasteiger partial charge in [-0.25, -0.2) is 4.79 Å². The summed E-state index contributed by atoms with van der Waals surface area (Å²) in [5.41, 5.74) is 4.95. The highest BCUT2D eigenvalue weighted by atomic mass is 16.4. The summed E-state index contributed by atoms with van der Waals surface area (Å²) in [7, 11) is 0. The number of hydrogen-bond donors (Lipinski definition) is 4. The van der Waals surface area contributed by atoms with Crippen LogP contribution in [0.1, 0.15) is 50.3 Å². The lowest BCUT2D eigenvalue weighted by Gasteiger charge is -2.39. The van der Waals surface area contributed by atoms with Crippen LogP contribution in [-0.2, 0) is 11.3 Å². The summed E-state index contributed by atoms with van der Waals surface area (Å²) in [5.74, 6) is -0.0362. The summed E-state index contributed by atoms with van der Waals surface area (Å²) in [5, 5.41) is 19.0. The molecule has 2 aromatic rings. The van der Waals surface area contributed by atoms with Gasteiger partial charge in [0.1, 0.15) is 0 Å². The normalized spacial score (nSPS) is 21.1. The Kier molecular flexibility index (Phi) is 6.77. The van der Waals surface area contributed by atoms with Crippen LogP contribution in [-0.4, -0.2) is 42.3 Å². The van der Waals surface area contributed by atoms with Crippen molar-refractivity contribution >= 4 is 17.7 Å². The number of carbonyl (C=O) groups is 2. The van der Waals surface area contributed by atoms with Gasteiger partial charge in [0.2, 0.25) is 5.91 Å². The lowest BCUT2D eigenvalue weighted by molar-refractivity contribution is -0.117. The second-order valence-corrected chi connectivity index (χ2v) is 8.85. The Bertz CT molecular complexity index is 970. The van der Waals surface area contributed by atoms with Gasteiger partial charge in [-0.1, -0.05) is 30.3 Å². The molecule has 4 N–H and O–H groups in total. The molecule has 2 heterocycles. The molecule has 2 aromatic carbocycles. The molecule has 2 aliphatic rings. The summed E-state index contributed by atoms with van der Waals surface area (Å²) in [4.78, 5) is 25.4. The summed E-state index contributed by atoms with van der Waals surface area (Å²) in [6.07, 6.45) is 1.81. The molecule has 2 atom stereocenters. The third kappa shape index (κ3) is 4.95. The van der Waals surface area contributed by atoms with Crippen molar-refractivity contribution in [3.63, 3.8) is 0 Å². The number of fused-ring (bicyclic) bond motifs is 1.